The molecule has 0 aliphatic carbocycles. The number of carbonyl (C=O) groups excluding carboxylic acids is 1. The Kier molecular flexibility index (Phi) is 4.82. The molecule has 1 aromatic rings. The van der Waals surface area contributed by atoms with Gasteiger partial charge in [-0.15, -0.1) is 0 Å². The first-order chi connectivity index (χ1) is 7.13. The van der Waals surface area contributed by atoms with Gasteiger partial charge in [0.05, 0.1) is 6.42 Å². The summed E-state index contributed by atoms with van der Waals surface area (Å²) in [5.41, 5.74) is 2.24. The smallest absolute Gasteiger partial charge is 0.224 e. The highest BCUT2D eigenvalue weighted by Crippen LogP contribution is 2.16. The van der Waals surface area contributed by atoms with Gasteiger partial charge in [-0.05, 0) is 36.6 Å². The molecule has 0 unspecified atom stereocenters. The topological polar surface area (TPSA) is 29.1 Å². The Hall–Kier alpha value is -0.830. The summed E-state index contributed by atoms with van der Waals surface area (Å²) in [6.45, 7) is 4.82. The molecule has 1 rings (SSSR count). The Labute approximate surface area is 99.2 Å². The number of halogens is 1. The number of hydrogen-bond acceptors (Lipinski definition) is 1. The zero-order valence-corrected chi connectivity index (χ0v) is 10.7. The third-order valence-electron chi connectivity index (χ3n) is 2.23. The maximum absolute atomic E-state index is 11.5. The molecule has 0 aromatic heterocycles. The lowest BCUT2D eigenvalue weighted by atomic mass is 10.1. The van der Waals surface area contributed by atoms with Crippen LogP contribution in [0.25, 0.3) is 0 Å². The predicted octanol–water partition coefficient (Wildman–Crippen LogP) is 2.83. The van der Waals surface area contributed by atoms with E-state index < -0.39 is 0 Å². The van der Waals surface area contributed by atoms with E-state index in [4.69, 9.17) is 0 Å². The maximum Gasteiger partial charge on any atom is 0.224 e. The highest BCUT2D eigenvalue weighted by molar-refractivity contribution is 9.10. The highest BCUT2D eigenvalue weighted by Gasteiger charge is 2.05. The Morgan fingerprint density at radius 2 is 2.20 bits per heavy atom. The molecule has 0 saturated carbocycles. The van der Waals surface area contributed by atoms with Crippen LogP contribution < -0.4 is 5.32 Å². The molecule has 1 amide bonds. The number of nitrogens with one attached hydrogen (secondary N) is 1. The molecule has 0 spiro atoms. The van der Waals surface area contributed by atoms with E-state index in [-0.39, 0.29) is 5.91 Å². The predicted molar refractivity (Wildman–Crippen MR) is 65.9 cm³/mol. The fourth-order valence-electron chi connectivity index (χ4n) is 1.33. The van der Waals surface area contributed by atoms with Crippen molar-refractivity contribution in [2.45, 2.75) is 26.7 Å². The van der Waals surface area contributed by atoms with Gasteiger partial charge in [0.2, 0.25) is 5.91 Å². The van der Waals surface area contributed by atoms with Gasteiger partial charge in [0, 0.05) is 11.0 Å². The molecular formula is C12H16BrNO. The zero-order valence-electron chi connectivity index (χ0n) is 9.14. The second kappa shape index (κ2) is 5.91. The molecule has 15 heavy (non-hydrogen) atoms. The largest absolute Gasteiger partial charge is 0.356 e. The van der Waals surface area contributed by atoms with Gasteiger partial charge in [-0.2, -0.15) is 0 Å². The van der Waals surface area contributed by atoms with Crippen molar-refractivity contribution in [1.82, 2.24) is 5.32 Å². The van der Waals surface area contributed by atoms with Gasteiger partial charge in [-0.25, -0.2) is 0 Å². The lowest BCUT2D eigenvalue weighted by molar-refractivity contribution is -0.120. The van der Waals surface area contributed by atoms with Crippen LogP contribution in [0.2, 0.25) is 0 Å². The fourth-order valence-corrected chi connectivity index (χ4v) is 1.74. The van der Waals surface area contributed by atoms with Crippen LogP contribution in [0, 0.1) is 6.92 Å². The van der Waals surface area contributed by atoms with Gasteiger partial charge < -0.3 is 5.32 Å². The van der Waals surface area contributed by atoms with E-state index >= 15 is 0 Å². The molecular weight excluding hydrogens is 254 g/mol. The molecule has 82 valence electrons. The summed E-state index contributed by atoms with van der Waals surface area (Å²) in [4.78, 5) is 11.5. The molecule has 1 N–H and O–H groups in total. The minimum Gasteiger partial charge on any atom is -0.356 e. The first-order valence-corrected chi connectivity index (χ1v) is 5.94. The molecule has 0 heterocycles. The standard InChI is InChI=1S/C12H16BrNO/c1-3-6-14-12(15)8-10-7-11(13)5-4-9(10)2/h4-5,7H,3,6,8H2,1-2H3,(H,14,15). The van der Waals surface area contributed by atoms with Crippen molar-refractivity contribution in [1.29, 1.82) is 0 Å². The van der Waals surface area contributed by atoms with Crippen LogP contribution in [0.5, 0.6) is 0 Å². The molecule has 0 atom stereocenters. The summed E-state index contributed by atoms with van der Waals surface area (Å²) >= 11 is 3.41. The summed E-state index contributed by atoms with van der Waals surface area (Å²) in [7, 11) is 0. The van der Waals surface area contributed by atoms with Crippen LogP contribution in [-0.2, 0) is 11.2 Å². The van der Waals surface area contributed by atoms with Gasteiger partial charge in [0.25, 0.3) is 0 Å². The number of hydrogen-bond donors (Lipinski definition) is 1. The van der Waals surface area contributed by atoms with Crippen molar-refractivity contribution in [3.63, 3.8) is 0 Å². The number of carbonyl (C=O) groups is 1. The lowest BCUT2D eigenvalue weighted by Gasteiger charge is -2.07. The quantitative estimate of drug-likeness (QED) is 0.895. The minimum atomic E-state index is 0.0954. The second-order valence-electron chi connectivity index (χ2n) is 3.60. The maximum atomic E-state index is 11.5. The third-order valence-corrected chi connectivity index (χ3v) is 2.73. The van der Waals surface area contributed by atoms with Gasteiger partial charge in [-0.3, -0.25) is 4.79 Å². The molecule has 0 aliphatic rings. The summed E-state index contributed by atoms with van der Waals surface area (Å²) in [6.07, 6.45) is 1.44. The molecule has 2 nitrogen and oxygen atoms in total. The average Bonchev–Trinajstić information content (AvgIpc) is 2.20. The van der Waals surface area contributed by atoms with E-state index in [1.165, 1.54) is 0 Å². The number of aryl methyl sites for hydroxylation is 1. The van der Waals surface area contributed by atoms with Crippen molar-refractivity contribution in [3.05, 3.63) is 33.8 Å². The van der Waals surface area contributed by atoms with Gasteiger partial charge in [-0.1, -0.05) is 28.9 Å². The van der Waals surface area contributed by atoms with Crippen molar-refractivity contribution in [2.75, 3.05) is 6.54 Å². The molecule has 0 aliphatic heterocycles. The SMILES string of the molecule is CCCNC(=O)Cc1cc(Br)ccc1C. The van der Waals surface area contributed by atoms with Crippen molar-refractivity contribution in [3.8, 4) is 0 Å². The molecule has 3 heteroatoms. The van der Waals surface area contributed by atoms with E-state index in [1.54, 1.807) is 0 Å². The number of benzene rings is 1. The Morgan fingerprint density at radius 1 is 1.47 bits per heavy atom. The second-order valence-corrected chi connectivity index (χ2v) is 4.51. The molecule has 1 aromatic carbocycles. The third kappa shape index (κ3) is 4.04. The molecule has 0 radical (unpaired) electrons. The minimum absolute atomic E-state index is 0.0954. The fraction of sp³-hybridized carbons (Fsp3) is 0.417. The van der Waals surface area contributed by atoms with Crippen LogP contribution in [0.1, 0.15) is 24.5 Å². The number of amides is 1. The van der Waals surface area contributed by atoms with E-state index in [1.807, 2.05) is 32.0 Å². The summed E-state index contributed by atoms with van der Waals surface area (Å²) in [5, 5.41) is 2.87. The molecule has 0 bridgehead atoms. The van der Waals surface area contributed by atoms with Crippen LogP contribution in [-0.4, -0.2) is 12.5 Å². The Bertz CT molecular complexity index is 349. The summed E-state index contributed by atoms with van der Waals surface area (Å²) in [5.74, 6) is 0.0954. The van der Waals surface area contributed by atoms with Crippen LogP contribution in [0.3, 0.4) is 0 Å². The summed E-state index contributed by atoms with van der Waals surface area (Å²) < 4.78 is 1.02. The van der Waals surface area contributed by atoms with E-state index in [2.05, 4.69) is 21.2 Å². The first-order valence-electron chi connectivity index (χ1n) is 5.15. The highest BCUT2D eigenvalue weighted by atomic mass is 79.9. The Balaban J connectivity index is 2.63. The summed E-state index contributed by atoms with van der Waals surface area (Å²) in [6, 6.07) is 6.01. The normalized spacial score (nSPS) is 10.1. The molecule has 0 fully saturated rings. The van der Waals surface area contributed by atoms with Gasteiger partial charge >= 0.3 is 0 Å². The van der Waals surface area contributed by atoms with Crippen molar-refractivity contribution in [2.24, 2.45) is 0 Å². The monoisotopic (exact) mass is 269 g/mol. The van der Waals surface area contributed by atoms with E-state index in [9.17, 15) is 4.79 Å². The van der Waals surface area contributed by atoms with Crippen molar-refractivity contribution < 1.29 is 4.79 Å². The average molecular weight is 270 g/mol. The van der Waals surface area contributed by atoms with Gasteiger partial charge in [0.1, 0.15) is 0 Å². The number of rotatable bonds is 4. The Morgan fingerprint density at radius 3 is 2.87 bits per heavy atom. The van der Waals surface area contributed by atoms with Crippen LogP contribution in [0.15, 0.2) is 22.7 Å². The van der Waals surface area contributed by atoms with Gasteiger partial charge in [0.15, 0.2) is 0 Å². The zero-order chi connectivity index (χ0) is 11.3. The van der Waals surface area contributed by atoms with Crippen LogP contribution in [0.4, 0.5) is 0 Å². The first kappa shape index (κ1) is 12.2. The van der Waals surface area contributed by atoms with Crippen LogP contribution >= 0.6 is 15.9 Å². The molecule has 0 saturated heterocycles. The van der Waals surface area contributed by atoms with E-state index in [0.717, 1.165) is 28.6 Å². The lowest BCUT2D eigenvalue weighted by Crippen LogP contribution is -2.25. The van der Waals surface area contributed by atoms with E-state index in [0.29, 0.717) is 6.42 Å². The van der Waals surface area contributed by atoms with Crippen molar-refractivity contribution >= 4 is 21.8 Å².